The van der Waals surface area contributed by atoms with Gasteiger partial charge in [0.1, 0.15) is 0 Å². The topological polar surface area (TPSA) is 37.3 Å². The highest BCUT2D eigenvalue weighted by molar-refractivity contribution is 5.91. The van der Waals surface area contributed by atoms with Gasteiger partial charge in [0.2, 0.25) is 0 Å². The Morgan fingerprint density at radius 2 is 2.00 bits per heavy atom. The molecule has 3 unspecified atom stereocenters. The predicted molar refractivity (Wildman–Crippen MR) is 82.7 cm³/mol. The molecule has 0 aromatic rings. The van der Waals surface area contributed by atoms with Gasteiger partial charge in [-0.2, -0.15) is 0 Å². The first-order valence-corrected chi connectivity index (χ1v) is 8.86. The van der Waals surface area contributed by atoms with Crippen LogP contribution in [0.2, 0.25) is 0 Å². The fraction of sp³-hybridized carbons (Fsp3) is 0.842. The lowest BCUT2D eigenvalue weighted by atomic mass is 9.46. The molecule has 0 saturated heterocycles. The van der Waals surface area contributed by atoms with Gasteiger partial charge in [-0.3, -0.25) is 4.79 Å². The smallest absolute Gasteiger partial charge is 0.155 e. The Balaban J connectivity index is 1.74. The molecule has 0 heterocycles. The van der Waals surface area contributed by atoms with Gasteiger partial charge in [0, 0.05) is 6.42 Å². The second-order valence-electron chi connectivity index (χ2n) is 8.71. The quantitative estimate of drug-likeness (QED) is 0.734. The normalized spacial score (nSPS) is 52.7. The first-order valence-electron chi connectivity index (χ1n) is 8.86. The van der Waals surface area contributed by atoms with Crippen molar-refractivity contribution < 1.29 is 9.90 Å². The number of ketones is 1. The third-order valence-corrected chi connectivity index (χ3v) is 7.67. The SMILES string of the molecule is C[C@@]12CCCC1C1CCC3=CC(=O)CC[C@]3(C)C1[C@@H](O)C2. The lowest BCUT2D eigenvalue weighted by molar-refractivity contribution is -0.127. The molecule has 4 aliphatic rings. The van der Waals surface area contributed by atoms with Crippen LogP contribution in [0.5, 0.6) is 0 Å². The summed E-state index contributed by atoms with van der Waals surface area (Å²) in [5.41, 5.74) is 1.81. The third-order valence-electron chi connectivity index (χ3n) is 7.67. The van der Waals surface area contributed by atoms with E-state index in [1.807, 2.05) is 6.08 Å². The van der Waals surface area contributed by atoms with E-state index in [1.165, 1.54) is 31.3 Å². The van der Waals surface area contributed by atoms with Crippen LogP contribution in [0.3, 0.4) is 0 Å². The molecule has 0 aromatic heterocycles. The first kappa shape index (κ1) is 14.0. The zero-order valence-corrected chi connectivity index (χ0v) is 13.4. The van der Waals surface area contributed by atoms with E-state index in [9.17, 15) is 9.90 Å². The highest BCUT2D eigenvalue weighted by Crippen LogP contribution is 2.65. The van der Waals surface area contributed by atoms with Crippen molar-refractivity contribution in [2.24, 2.45) is 28.6 Å². The molecule has 0 bridgehead atoms. The minimum Gasteiger partial charge on any atom is -0.393 e. The monoisotopic (exact) mass is 288 g/mol. The van der Waals surface area contributed by atoms with Gasteiger partial charge in [-0.25, -0.2) is 0 Å². The molecule has 4 aliphatic carbocycles. The van der Waals surface area contributed by atoms with Crippen LogP contribution in [0.4, 0.5) is 0 Å². The summed E-state index contributed by atoms with van der Waals surface area (Å²) in [6.45, 7) is 4.76. The number of rotatable bonds is 0. The Hall–Kier alpha value is -0.630. The molecule has 0 aromatic carbocycles. The first-order chi connectivity index (χ1) is 9.94. The van der Waals surface area contributed by atoms with Gasteiger partial charge in [-0.1, -0.05) is 25.8 Å². The number of allylic oxidation sites excluding steroid dienone is 1. The fourth-order valence-corrected chi connectivity index (χ4v) is 6.70. The van der Waals surface area contributed by atoms with Crippen LogP contribution in [-0.2, 0) is 4.79 Å². The summed E-state index contributed by atoms with van der Waals surface area (Å²) in [7, 11) is 0. The van der Waals surface area contributed by atoms with Crippen molar-refractivity contribution in [3.05, 3.63) is 11.6 Å². The molecule has 21 heavy (non-hydrogen) atoms. The summed E-state index contributed by atoms with van der Waals surface area (Å²) in [6.07, 6.45) is 10.7. The van der Waals surface area contributed by atoms with Gasteiger partial charge in [-0.05, 0) is 73.2 Å². The minimum absolute atomic E-state index is 0.0835. The maximum absolute atomic E-state index is 11.8. The summed E-state index contributed by atoms with van der Waals surface area (Å²) in [6, 6.07) is 0. The molecule has 4 rings (SSSR count). The van der Waals surface area contributed by atoms with E-state index in [2.05, 4.69) is 13.8 Å². The Morgan fingerprint density at radius 3 is 2.81 bits per heavy atom. The van der Waals surface area contributed by atoms with E-state index in [4.69, 9.17) is 0 Å². The Labute approximate surface area is 128 Å². The standard InChI is InChI=1S/C19H28O2/c1-18-8-3-4-15(18)14-6-5-12-10-13(20)7-9-19(12,2)17(14)16(21)11-18/h10,14-17,21H,3-9,11H2,1-2H3/t14?,15?,16-,17?,18-,19-/m0/s1. The van der Waals surface area contributed by atoms with Gasteiger partial charge in [-0.15, -0.1) is 0 Å². The molecule has 0 radical (unpaired) electrons. The number of hydrogen-bond acceptors (Lipinski definition) is 2. The van der Waals surface area contributed by atoms with Crippen LogP contribution < -0.4 is 0 Å². The number of carbonyl (C=O) groups is 1. The summed E-state index contributed by atoms with van der Waals surface area (Å²) in [4.78, 5) is 11.8. The van der Waals surface area contributed by atoms with Crippen LogP contribution in [0.1, 0.15) is 65.2 Å². The van der Waals surface area contributed by atoms with Crippen LogP contribution in [0, 0.1) is 28.6 Å². The Kier molecular flexibility index (Phi) is 2.96. The number of hydrogen-bond donors (Lipinski definition) is 1. The minimum atomic E-state index is -0.170. The number of aliphatic hydroxyl groups excluding tert-OH is 1. The van der Waals surface area contributed by atoms with Crippen LogP contribution in [0.25, 0.3) is 0 Å². The van der Waals surface area contributed by atoms with Crippen molar-refractivity contribution in [1.29, 1.82) is 0 Å². The summed E-state index contributed by atoms with van der Waals surface area (Å²) < 4.78 is 0. The highest BCUT2D eigenvalue weighted by atomic mass is 16.3. The molecular weight excluding hydrogens is 260 g/mol. The molecule has 0 amide bonds. The van der Waals surface area contributed by atoms with Crippen molar-refractivity contribution in [3.63, 3.8) is 0 Å². The van der Waals surface area contributed by atoms with Crippen LogP contribution in [-0.4, -0.2) is 17.0 Å². The molecule has 116 valence electrons. The zero-order chi connectivity index (χ0) is 14.8. The Bertz CT molecular complexity index is 508. The second kappa shape index (κ2) is 4.44. The number of aliphatic hydroxyl groups is 1. The van der Waals surface area contributed by atoms with E-state index in [-0.39, 0.29) is 11.5 Å². The lowest BCUT2D eigenvalue weighted by Crippen LogP contribution is -2.55. The molecule has 6 atom stereocenters. The van der Waals surface area contributed by atoms with Gasteiger partial charge in [0.15, 0.2) is 5.78 Å². The zero-order valence-electron chi connectivity index (χ0n) is 13.4. The fourth-order valence-electron chi connectivity index (χ4n) is 6.70. The van der Waals surface area contributed by atoms with Crippen molar-refractivity contribution in [1.82, 2.24) is 0 Å². The van der Waals surface area contributed by atoms with E-state index in [0.717, 1.165) is 25.2 Å². The average Bonchev–Trinajstić information content (AvgIpc) is 2.80. The van der Waals surface area contributed by atoms with Crippen molar-refractivity contribution >= 4 is 5.78 Å². The highest BCUT2D eigenvalue weighted by Gasteiger charge is 2.59. The molecule has 0 spiro atoms. The molecular formula is C19H28O2. The predicted octanol–water partition coefficient (Wildman–Crippen LogP) is 3.88. The average molecular weight is 288 g/mol. The Morgan fingerprint density at radius 1 is 1.19 bits per heavy atom. The second-order valence-corrected chi connectivity index (χ2v) is 8.71. The molecule has 3 fully saturated rings. The number of carbonyl (C=O) groups excluding carboxylic acids is 1. The van der Waals surface area contributed by atoms with Gasteiger partial charge < -0.3 is 5.11 Å². The van der Waals surface area contributed by atoms with Crippen molar-refractivity contribution in [3.8, 4) is 0 Å². The molecule has 2 heteroatoms. The van der Waals surface area contributed by atoms with Gasteiger partial charge in [0.05, 0.1) is 6.10 Å². The van der Waals surface area contributed by atoms with Crippen molar-refractivity contribution in [2.45, 2.75) is 71.3 Å². The van der Waals surface area contributed by atoms with Gasteiger partial charge in [0.25, 0.3) is 0 Å². The van der Waals surface area contributed by atoms with Crippen molar-refractivity contribution in [2.75, 3.05) is 0 Å². The lowest BCUT2D eigenvalue weighted by Gasteiger charge is -2.59. The van der Waals surface area contributed by atoms with Gasteiger partial charge >= 0.3 is 0 Å². The summed E-state index contributed by atoms with van der Waals surface area (Å²) in [5, 5.41) is 11.0. The number of fused-ring (bicyclic) bond motifs is 5. The molecule has 2 nitrogen and oxygen atoms in total. The van der Waals surface area contributed by atoms with Crippen LogP contribution >= 0.6 is 0 Å². The molecule has 3 saturated carbocycles. The summed E-state index contributed by atoms with van der Waals surface area (Å²) >= 11 is 0. The van der Waals surface area contributed by atoms with E-state index in [1.54, 1.807) is 0 Å². The third kappa shape index (κ3) is 1.84. The molecule has 0 aliphatic heterocycles. The van der Waals surface area contributed by atoms with Crippen LogP contribution in [0.15, 0.2) is 11.6 Å². The molecule has 1 N–H and O–H groups in total. The van der Waals surface area contributed by atoms with E-state index < -0.39 is 0 Å². The summed E-state index contributed by atoms with van der Waals surface area (Å²) in [5.74, 6) is 2.18. The van der Waals surface area contributed by atoms with E-state index >= 15 is 0 Å². The van der Waals surface area contributed by atoms with E-state index in [0.29, 0.717) is 29.5 Å². The largest absolute Gasteiger partial charge is 0.393 e. The maximum Gasteiger partial charge on any atom is 0.155 e. The maximum atomic E-state index is 11.8.